The lowest BCUT2D eigenvalue weighted by molar-refractivity contribution is 0.615. The van der Waals surface area contributed by atoms with Crippen LogP contribution < -0.4 is 10.6 Å². The number of hydrogen-bond acceptors (Lipinski definition) is 5. The molecule has 1 saturated carbocycles. The summed E-state index contributed by atoms with van der Waals surface area (Å²) in [6.45, 7) is 0.738. The summed E-state index contributed by atoms with van der Waals surface area (Å²) < 4.78 is 0. The zero-order valence-electron chi connectivity index (χ0n) is 12.8. The molecule has 2 aromatic heterocycles. The molecular formula is C17H23N5. The molecule has 0 aliphatic heterocycles. The maximum atomic E-state index is 4.56. The summed E-state index contributed by atoms with van der Waals surface area (Å²) in [5.41, 5.74) is 1.19. The van der Waals surface area contributed by atoms with Crippen LogP contribution in [0.15, 0.2) is 36.8 Å². The molecule has 0 saturated heterocycles. The largest absolute Gasteiger partial charge is 0.366 e. The van der Waals surface area contributed by atoms with Gasteiger partial charge in [-0.2, -0.15) is 4.98 Å². The van der Waals surface area contributed by atoms with Crippen LogP contribution in [0.3, 0.4) is 0 Å². The number of hydrogen-bond donors (Lipinski definition) is 2. The lowest BCUT2D eigenvalue weighted by atomic mass is 10.1. The molecule has 0 spiro atoms. The van der Waals surface area contributed by atoms with Crippen molar-refractivity contribution in [3.63, 3.8) is 0 Å². The first-order valence-electron chi connectivity index (χ1n) is 8.12. The fourth-order valence-electron chi connectivity index (χ4n) is 2.83. The molecule has 0 amide bonds. The Morgan fingerprint density at radius 2 is 1.73 bits per heavy atom. The number of rotatable bonds is 5. The van der Waals surface area contributed by atoms with Crippen LogP contribution in [0.25, 0.3) is 0 Å². The average molecular weight is 297 g/mol. The molecule has 0 atom stereocenters. The fraction of sp³-hybridized carbons (Fsp3) is 0.471. The van der Waals surface area contributed by atoms with Gasteiger partial charge in [-0.3, -0.25) is 4.98 Å². The van der Waals surface area contributed by atoms with Gasteiger partial charge in [0.15, 0.2) is 0 Å². The van der Waals surface area contributed by atoms with Crippen molar-refractivity contribution >= 4 is 11.8 Å². The van der Waals surface area contributed by atoms with Crippen molar-refractivity contribution < 1.29 is 0 Å². The van der Waals surface area contributed by atoms with E-state index in [-0.39, 0.29) is 0 Å². The Labute approximate surface area is 131 Å². The third-order valence-electron chi connectivity index (χ3n) is 4.07. The molecule has 1 aliphatic rings. The lowest BCUT2D eigenvalue weighted by Gasteiger charge is -2.16. The van der Waals surface area contributed by atoms with Crippen LogP contribution in [0, 0.1) is 0 Å². The highest BCUT2D eigenvalue weighted by Crippen LogP contribution is 2.20. The molecule has 1 aliphatic carbocycles. The van der Waals surface area contributed by atoms with E-state index in [0.717, 1.165) is 18.3 Å². The molecule has 5 heteroatoms. The Morgan fingerprint density at radius 1 is 0.955 bits per heavy atom. The molecule has 2 aromatic rings. The Bertz CT molecular complexity index is 564. The van der Waals surface area contributed by atoms with Gasteiger partial charge in [-0.15, -0.1) is 0 Å². The minimum Gasteiger partial charge on any atom is -0.366 e. The van der Waals surface area contributed by atoms with E-state index < -0.39 is 0 Å². The van der Waals surface area contributed by atoms with Crippen molar-refractivity contribution in [1.82, 2.24) is 15.0 Å². The van der Waals surface area contributed by atoms with Crippen molar-refractivity contribution in [2.45, 2.75) is 51.1 Å². The molecule has 2 heterocycles. The Hall–Kier alpha value is -2.17. The number of anilines is 2. The van der Waals surface area contributed by atoms with E-state index >= 15 is 0 Å². The molecule has 2 N–H and O–H groups in total. The topological polar surface area (TPSA) is 62.7 Å². The van der Waals surface area contributed by atoms with Crippen LogP contribution in [-0.2, 0) is 6.54 Å². The van der Waals surface area contributed by atoms with E-state index in [1.54, 1.807) is 18.6 Å². The first-order valence-corrected chi connectivity index (χ1v) is 8.12. The number of aromatic nitrogens is 3. The molecular weight excluding hydrogens is 274 g/mol. The number of nitrogens with zero attached hydrogens (tertiary/aromatic N) is 3. The second-order valence-electron chi connectivity index (χ2n) is 5.81. The van der Waals surface area contributed by atoms with Gasteiger partial charge < -0.3 is 10.6 Å². The second-order valence-corrected chi connectivity index (χ2v) is 5.81. The normalized spacial score (nSPS) is 16.0. The molecule has 116 valence electrons. The van der Waals surface area contributed by atoms with E-state index in [1.807, 2.05) is 18.2 Å². The molecule has 5 nitrogen and oxygen atoms in total. The molecule has 0 unspecified atom stereocenters. The summed E-state index contributed by atoms with van der Waals surface area (Å²) in [4.78, 5) is 12.9. The minimum atomic E-state index is 0.512. The van der Waals surface area contributed by atoms with Crippen molar-refractivity contribution in [2.24, 2.45) is 0 Å². The molecule has 0 bridgehead atoms. The molecule has 0 aromatic carbocycles. The summed E-state index contributed by atoms with van der Waals surface area (Å²) in [5, 5.41) is 6.82. The zero-order valence-corrected chi connectivity index (χ0v) is 12.8. The molecule has 3 rings (SSSR count). The van der Waals surface area contributed by atoms with Crippen molar-refractivity contribution in [3.05, 3.63) is 42.4 Å². The summed E-state index contributed by atoms with van der Waals surface area (Å²) in [5.74, 6) is 1.58. The smallest absolute Gasteiger partial charge is 0.224 e. The lowest BCUT2D eigenvalue weighted by Crippen LogP contribution is -2.20. The van der Waals surface area contributed by atoms with E-state index in [1.165, 1.54) is 44.1 Å². The summed E-state index contributed by atoms with van der Waals surface area (Å²) >= 11 is 0. The van der Waals surface area contributed by atoms with Crippen molar-refractivity contribution in [3.8, 4) is 0 Å². The van der Waals surface area contributed by atoms with Gasteiger partial charge in [0, 0.05) is 31.2 Å². The van der Waals surface area contributed by atoms with E-state index in [9.17, 15) is 0 Å². The second kappa shape index (κ2) is 7.73. The fourth-order valence-corrected chi connectivity index (χ4v) is 2.83. The van der Waals surface area contributed by atoms with Crippen molar-refractivity contribution in [1.29, 1.82) is 0 Å². The standard InChI is InChI=1S/C17H23N5/c1-2-4-6-15(5-3-1)21-17-19-12-9-16(22-17)20-13-14-7-10-18-11-8-14/h7-12,15H,1-6,13H2,(H2,19,20,21,22). The summed E-state index contributed by atoms with van der Waals surface area (Å²) in [6, 6.07) is 6.41. The van der Waals surface area contributed by atoms with Gasteiger partial charge in [-0.05, 0) is 36.6 Å². The van der Waals surface area contributed by atoms with Gasteiger partial charge >= 0.3 is 0 Å². The molecule has 22 heavy (non-hydrogen) atoms. The van der Waals surface area contributed by atoms with E-state index in [0.29, 0.717) is 6.04 Å². The highest BCUT2D eigenvalue weighted by Gasteiger charge is 2.13. The Morgan fingerprint density at radius 3 is 2.50 bits per heavy atom. The first-order chi connectivity index (χ1) is 10.9. The highest BCUT2D eigenvalue weighted by atomic mass is 15.1. The van der Waals surface area contributed by atoms with Gasteiger partial charge in [-0.1, -0.05) is 25.7 Å². The van der Waals surface area contributed by atoms with Crippen LogP contribution in [0.4, 0.5) is 11.8 Å². The zero-order chi connectivity index (χ0) is 15.0. The number of pyridine rings is 1. The number of nitrogens with one attached hydrogen (secondary N) is 2. The van der Waals surface area contributed by atoms with Crippen LogP contribution in [0.5, 0.6) is 0 Å². The Balaban J connectivity index is 1.57. The van der Waals surface area contributed by atoms with Gasteiger partial charge in [0.05, 0.1) is 0 Å². The minimum absolute atomic E-state index is 0.512. The third kappa shape index (κ3) is 4.41. The third-order valence-corrected chi connectivity index (χ3v) is 4.07. The Kier molecular flexibility index (Phi) is 5.18. The summed E-state index contributed by atoms with van der Waals surface area (Å²) in [7, 11) is 0. The predicted octanol–water partition coefficient (Wildman–Crippen LogP) is 3.62. The van der Waals surface area contributed by atoms with Crippen LogP contribution in [0.1, 0.15) is 44.1 Å². The quantitative estimate of drug-likeness (QED) is 0.825. The SMILES string of the molecule is c1cc(CNc2ccnc(NC3CCCCCC3)n2)ccn1. The van der Waals surface area contributed by atoms with Gasteiger partial charge in [0.2, 0.25) is 5.95 Å². The molecule has 1 fully saturated rings. The maximum Gasteiger partial charge on any atom is 0.224 e. The van der Waals surface area contributed by atoms with Crippen molar-refractivity contribution in [2.75, 3.05) is 10.6 Å². The van der Waals surface area contributed by atoms with Crippen LogP contribution >= 0.6 is 0 Å². The summed E-state index contributed by atoms with van der Waals surface area (Å²) in [6.07, 6.45) is 13.2. The van der Waals surface area contributed by atoms with Crippen LogP contribution in [-0.4, -0.2) is 21.0 Å². The van der Waals surface area contributed by atoms with Gasteiger partial charge in [-0.25, -0.2) is 4.98 Å². The van der Waals surface area contributed by atoms with Gasteiger partial charge in [0.25, 0.3) is 0 Å². The van der Waals surface area contributed by atoms with Gasteiger partial charge in [0.1, 0.15) is 5.82 Å². The predicted molar refractivity (Wildman–Crippen MR) is 88.7 cm³/mol. The highest BCUT2D eigenvalue weighted by molar-refractivity contribution is 5.40. The van der Waals surface area contributed by atoms with Crippen LogP contribution in [0.2, 0.25) is 0 Å². The molecule has 0 radical (unpaired) electrons. The monoisotopic (exact) mass is 297 g/mol. The first kappa shape index (κ1) is 14.8. The van der Waals surface area contributed by atoms with E-state index in [4.69, 9.17) is 0 Å². The maximum absolute atomic E-state index is 4.56. The average Bonchev–Trinajstić information content (AvgIpc) is 2.83. The van der Waals surface area contributed by atoms with E-state index in [2.05, 4.69) is 25.6 Å².